The molecule has 86 valence electrons. The summed E-state index contributed by atoms with van der Waals surface area (Å²) in [4.78, 5) is 10.6. The molecule has 1 heterocycles. The van der Waals surface area contributed by atoms with Gasteiger partial charge in [-0.05, 0) is 24.6 Å². The molecule has 1 aromatic carbocycles. The first kappa shape index (κ1) is 10.8. The van der Waals surface area contributed by atoms with Crippen molar-refractivity contribution in [3.05, 3.63) is 23.8 Å². The number of benzene rings is 1. The van der Waals surface area contributed by atoms with E-state index in [2.05, 4.69) is 5.32 Å². The van der Waals surface area contributed by atoms with Crippen LogP contribution in [0.15, 0.2) is 18.2 Å². The van der Waals surface area contributed by atoms with Gasteiger partial charge in [-0.2, -0.15) is 0 Å². The summed E-state index contributed by atoms with van der Waals surface area (Å²) in [5, 5.41) is 11.6. The van der Waals surface area contributed by atoms with Crippen molar-refractivity contribution in [3.8, 4) is 11.5 Å². The second-order valence-corrected chi connectivity index (χ2v) is 3.63. The SMILES string of the molecule is CC(NCc1ccc2c(c1)OCO2)C(=O)O. The molecule has 0 bridgehead atoms. The maximum absolute atomic E-state index is 10.6. The fourth-order valence-electron chi connectivity index (χ4n) is 1.41. The van der Waals surface area contributed by atoms with Crippen LogP contribution in [0.2, 0.25) is 0 Å². The van der Waals surface area contributed by atoms with Crippen molar-refractivity contribution in [2.24, 2.45) is 0 Å². The van der Waals surface area contributed by atoms with E-state index in [1.807, 2.05) is 18.2 Å². The lowest BCUT2D eigenvalue weighted by Crippen LogP contribution is -2.33. The van der Waals surface area contributed by atoms with Crippen molar-refractivity contribution < 1.29 is 19.4 Å². The molecule has 0 aromatic heterocycles. The zero-order valence-corrected chi connectivity index (χ0v) is 8.90. The Morgan fingerprint density at radius 2 is 2.25 bits per heavy atom. The molecule has 0 radical (unpaired) electrons. The van der Waals surface area contributed by atoms with Crippen LogP contribution in [-0.4, -0.2) is 23.9 Å². The minimum Gasteiger partial charge on any atom is -0.480 e. The van der Waals surface area contributed by atoms with Crippen LogP contribution >= 0.6 is 0 Å². The summed E-state index contributed by atoms with van der Waals surface area (Å²) in [6, 6.07) is 4.99. The smallest absolute Gasteiger partial charge is 0.320 e. The molecule has 0 aliphatic carbocycles. The minimum absolute atomic E-state index is 0.248. The van der Waals surface area contributed by atoms with Gasteiger partial charge in [0.05, 0.1) is 0 Å². The molecule has 1 aromatic rings. The lowest BCUT2D eigenvalue weighted by atomic mass is 10.2. The van der Waals surface area contributed by atoms with Crippen LogP contribution < -0.4 is 14.8 Å². The van der Waals surface area contributed by atoms with Crippen LogP contribution in [0.5, 0.6) is 11.5 Å². The summed E-state index contributed by atoms with van der Waals surface area (Å²) in [7, 11) is 0. The molecule has 0 fully saturated rings. The fraction of sp³-hybridized carbons (Fsp3) is 0.364. The van der Waals surface area contributed by atoms with Gasteiger partial charge in [-0.25, -0.2) is 0 Å². The van der Waals surface area contributed by atoms with E-state index in [1.165, 1.54) is 0 Å². The minimum atomic E-state index is -0.860. The number of carboxylic acids is 1. The quantitative estimate of drug-likeness (QED) is 0.796. The van der Waals surface area contributed by atoms with Gasteiger partial charge in [0.25, 0.3) is 0 Å². The predicted octanol–water partition coefficient (Wildman–Crippen LogP) is 0.978. The Labute approximate surface area is 93.0 Å². The van der Waals surface area contributed by atoms with Gasteiger partial charge in [0, 0.05) is 6.54 Å². The molecule has 0 amide bonds. The second kappa shape index (κ2) is 4.40. The van der Waals surface area contributed by atoms with Crippen molar-refractivity contribution in [1.82, 2.24) is 5.32 Å². The van der Waals surface area contributed by atoms with E-state index in [1.54, 1.807) is 6.92 Å². The Morgan fingerprint density at radius 1 is 1.50 bits per heavy atom. The summed E-state index contributed by atoms with van der Waals surface area (Å²) in [5.74, 6) is 0.582. The average Bonchev–Trinajstić information content (AvgIpc) is 2.72. The number of ether oxygens (including phenoxy) is 2. The highest BCUT2D eigenvalue weighted by Crippen LogP contribution is 2.32. The summed E-state index contributed by atoms with van der Waals surface area (Å²) < 4.78 is 10.4. The number of rotatable bonds is 4. The number of hydrogen-bond acceptors (Lipinski definition) is 4. The molecule has 1 aliphatic rings. The number of aliphatic carboxylic acids is 1. The third kappa shape index (κ3) is 2.25. The molecule has 0 saturated carbocycles. The lowest BCUT2D eigenvalue weighted by molar-refractivity contribution is -0.139. The van der Waals surface area contributed by atoms with E-state index in [0.717, 1.165) is 11.3 Å². The van der Waals surface area contributed by atoms with Crippen LogP contribution in [0.3, 0.4) is 0 Å². The van der Waals surface area contributed by atoms with Gasteiger partial charge in [-0.1, -0.05) is 6.07 Å². The van der Waals surface area contributed by atoms with Gasteiger partial charge in [0.2, 0.25) is 6.79 Å². The number of hydrogen-bond donors (Lipinski definition) is 2. The maximum atomic E-state index is 10.6. The van der Waals surface area contributed by atoms with Crippen molar-refractivity contribution >= 4 is 5.97 Å². The van der Waals surface area contributed by atoms with Crippen LogP contribution in [0.1, 0.15) is 12.5 Å². The van der Waals surface area contributed by atoms with Gasteiger partial charge >= 0.3 is 5.97 Å². The van der Waals surface area contributed by atoms with Gasteiger partial charge in [0.15, 0.2) is 11.5 Å². The fourth-order valence-corrected chi connectivity index (χ4v) is 1.41. The Balaban J connectivity index is 1.98. The van der Waals surface area contributed by atoms with Crippen molar-refractivity contribution in [1.29, 1.82) is 0 Å². The highest BCUT2D eigenvalue weighted by molar-refractivity contribution is 5.72. The third-order valence-electron chi connectivity index (χ3n) is 2.42. The lowest BCUT2D eigenvalue weighted by Gasteiger charge is -2.09. The zero-order chi connectivity index (χ0) is 11.5. The van der Waals surface area contributed by atoms with Crippen molar-refractivity contribution in [3.63, 3.8) is 0 Å². The third-order valence-corrected chi connectivity index (χ3v) is 2.42. The molecule has 0 saturated heterocycles. The molecular weight excluding hydrogens is 210 g/mol. The highest BCUT2D eigenvalue weighted by atomic mass is 16.7. The molecule has 0 spiro atoms. The predicted molar refractivity (Wildman–Crippen MR) is 56.5 cm³/mol. The van der Waals surface area contributed by atoms with Gasteiger partial charge in [0.1, 0.15) is 6.04 Å². The summed E-state index contributed by atoms with van der Waals surface area (Å²) >= 11 is 0. The van der Waals surface area contributed by atoms with E-state index in [-0.39, 0.29) is 6.79 Å². The second-order valence-electron chi connectivity index (χ2n) is 3.63. The summed E-state index contributed by atoms with van der Waals surface area (Å²) in [6.07, 6.45) is 0. The number of carboxylic acid groups (broad SMARTS) is 1. The van der Waals surface area contributed by atoms with Crippen molar-refractivity contribution in [2.45, 2.75) is 19.5 Å². The van der Waals surface area contributed by atoms with E-state index < -0.39 is 12.0 Å². The summed E-state index contributed by atoms with van der Waals surface area (Å²) in [6.45, 7) is 2.34. The molecule has 1 aliphatic heterocycles. The number of carbonyl (C=O) groups is 1. The first-order valence-electron chi connectivity index (χ1n) is 5.01. The van der Waals surface area contributed by atoms with E-state index in [0.29, 0.717) is 12.3 Å². The molecule has 2 rings (SSSR count). The molecule has 5 nitrogen and oxygen atoms in total. The molecular formula is C11H13NO4. The Morgan fingerprint density at radius 3 is 3.00 bits per heavy atom. The highest BCUT2D eigenvalue weighted by Gasteiger charge is 2.14. The molecule has 5 heteroatoms. The van der Waals surface area contributed by atoms with E-state index in [9.17, 15) is 4.79 Å². The number of nitrogens with one attached hydrogen (secondary N) is 1. The Hall–Kier alpha value is -1.75. The normalized spacial score (nSPS) is 14.8. The van der Waals surface area contributed by atoms with Gasteiger partial charge in [-0.3, -0.25) is 4.79 Å². The number of fused-ring (bicyclic) bond motifs is 1. The molecule has 2 N–H and O–H groups in total. The van der Waals surface area contributed by atoms with Gasteiger partial charge in [-0.15, -0.1) is 0 Å². The first-order chi connectivity index (χ1) is 7.66. The van der Waals surface area contributed by atoms with Crippen LogP contribution in [-0.2, 0) is 11.3 Å². The molecule has 1 atom stereocenters. The first-order valence-corrected chi connectivity index (χ1v) is 5.01. The molecule has 16 heavy (non-hydrogen) atoms. The average molecular weight is 223 g/mol. The van der Waals surface area contributed by atoms with Crippen LogP contribution in [0.25, 0.3) is 0 Å². The van der Waals surface area contributed by atoms with E-state index >= 15 is 0 Å². The van der Waals surface area contributed by atoms with E-state index in [4.69, 9.17) is 14.6 Å². The molecule has 1 unspecified atom stereocenters. The van der Waals surface area contributed by atoms with Crippen LogP contribution in [0.4, 0.5) is 0 Å². The Bertz CT molecular complexity index is 405. The topological polar surface area (TPSA) is 67.8 Å². The largest absolute Gasteiger partial charge is 0.480 e. The van der Waals surface area contributed by atoms with Crippen molar-refractivity contribution in [2.75, 3.05) is 6.79 Å². The monoisotopic (exact) mass is 223 g/mol. The standard InChI is InChI=1S/C11H13NO4/c1-7(11(13)14)12-5-8-2-3-9-10(4-8)16-6-15-9/h2-4,7,12H,5-6H2,1H3,(H,13,14). The maximum Gasteiger partial charge on any atom is 0.320 e. The summed E-state index contributed by atoms with van der Waals surface area (Å²) in [5.41, 5.74) is 0.970. The van der Waals surface area contributed by atoms with Crippen LogP contribution in [0, 0.1) is 0 Å². The Kier molecular flexibility index (Phi) is 2.96. The zero-order valence-electron chi connectivity index (χ0n) is 8.90. The van der Waals surface area contributed by atoms with Gasteiger partial charge < -0.3 is 19.9 Å².